The quantitative estimate of drug-likeness (QED) is 0.293. The summed E-state index contributed by atoms with van der Waals surface area (Å²) in [5.41, 5.74) is 4.19. The van der Waals surface area contributed by atoms with Crippen LogP contribution in [0.3, 0.4) is 0 Å². The van der Waals surface area contributed by atoms with Crippen LogP contribution < -0.4 is 5.56 Å². The topological polar surface area (TPSA) is 55.2 Å². The Morgan fingerprint density at radius 2 is 1.97 bits per heavy atom. The first-order chi connectivity index (χ1) is 16.9. The molecule has 35 heavy (non-hydrogen) atoms. The number of thioether (sulfide) groups is 1. The highest BCUT2D eigenvalue weighted by Crippen LogP contribution is 2.37. The maximum atomic E-state index is 14.0. The molecule has 0 bridgehead atoms. The minimum Gasteiger partial charge on any atom is -0.339 e. The van der Waals surface area contributed by atoms with E-state index in [1.54, 1.807) is 15.9 Å². The van der Waals surface area contributed by atoms with Crippen molar-refractivity contribution in [2.45, 2.75) is 95.5 Å². The zero-order chi connectivity index (χ0) is 24.7. The number of amides is 1. The fraction of sp³-hybridized carbons (Fsp3) is 0.536. The van der Waals surface area contributed by atoms with E-state index in [2.05, 4.69) is 30.0 Å². The van der Waals surface area contributed by atoms with Crippen molar-refractivity contribution in [2.75, 3.05) is 6.54 Å². The Bertz CT molecular complexity index is 1320. The number of hydrogen-bond acceptors (Lipinski definition) is 5. The van der Waals surface area contributed by atoms with Crippen LogP contribution in [-0.2, 0) is 17.6 Å². The highest BCUT2D eigenvalue weighted by Gasteiger charge is 2.30. The summed E-state index contributed by atoms with van der Waals surface area (Å²) in [6.45, 7) is 8.85. The average Bonchev–Trinajstić information content (AvgIpc) is 3.43. The third-order valence-electron chi connectivity index (χ3n) is 7.58. The molecule has 0 radical (unpaired) electrons. The molecule has 2 aromatic heterocycles. The Morgan fingerprint density at radius 1 is 1.20 bits per heavy atom. The standard InChI is InChI=1S/C28H35N3O2S2/c1-5-30(20-10-7-6-8-11-20)26(32)19(4)34-28-29-25-24(21-12-9-13-23(21)35-25)27(33)31(28)22-16-17(2)14-15-18(22)3/h14-16,19-20H,5-13H2,1-4H3. The molecule has 0 spiro atoms. The smallest absolute Gasteiger partial charge is 0.267 e. The van der Waals surface area contributed by atoms with E-state index < -0.39 is 0 Å². The first kappa shape index (κ1) is 24.6. The number of nitrogens with zero attached hydrogens (tertiary/aromatic N) is 3. The van der Waals surface area contributed by atoms with Crippen molar-refractivity contribution in [3.05, 3.63) is 50.1 Å². The maximum absolute atomic E-state index is 14.0. The van der Waals surface area contributed by atoms with Gasteiger partial charge in [-0.15, -0.1) is 11.3 Å². The number of hydrogen-bond donors (Lipinski definition) is 0. The summed E-state index contributed by atoms with van der Waals surface area (Å²) in [7, 11) is 0. The third-order valence-corrected chi connectivity index (χ3v) is 9.81. The highest BCUT2D eigenvalue weighted by molar-refractivity contribution is 8.00. The Labute approximate surface area is 215 Å². The number of benzene rings is 1. The van der Waals surface area contributed by atoms with Crippen LogP contribution in [0.25, 0.3) is 15.9 Å². The van der Waals surface area contributed by atoms with Crippen LogP contribution in [0, 0.1) is 13.8 Å². The van der Waals surface area contributed by atoms with E-state index in [1.165, 1.54) is 41.5 Å². The van der Waals surface area contributed by atoms with Gasteiger partial charge in [-0.25, -0.2) is 4.98 Å². The fourth-order valence-electron chi connectivity index (χ4n) is 5.71. The molecule has 1 amide bonds. The predicted octanol–water partition coefficient (Wildman–Crippen LogP) is 6.21. The molecular weight excluding hydrogens is 474 g/mol. The molecule has 1 aromatic carbocycles. The maximum Gasteiger partial charge on any atom is 0.267 e. The van der Waals surface area contributed by atoms with Crippen molar-refractivity contribution in [3.8, 4) is 5.69 Å². The average molecular weight is 510 g/mol. The predicted molar refractivity (Wildman–Crippen MR) is 146 cm³/mol. The van der Waals surface area contributed by atoms with Gasteiger partial charge in [0.25, 0.3) is 5.56 Å². The lowest BCUT2D eigenvalue weighted by Gasteiger charge is -2.35. The van der Waals surface area contributed by atoms with E-state index >= 15 is 0 Å². The summed E-state index contributed by atoms with van der Waals surface area (Å²) < 4.78 is 1.78. The van der Waals surface area contributed by atoms with Gasteiger partial charge in [0, 0.05) is 17.5 Å². The molecule has 0 aliphatic heterocycles. The van der Waals surface area contributed by atoms with Gasteiger partial charge >= 0.3 is 0 Å². The van der Waals surface area contributed by atoms with E-state index in [4.69, 9.17) is 4.98 Å². The summed E-state index contributed by atoms with van der Waals surface area (Å²) in [5, 5.41) is 1.09. The number of carbonyl (C=O) groups is 1. The lowest BCUT2D eigenvalue weighted by molar-refractivity contribution is -0.133. The molecule has 7 heteroatoms. The van der Waals surface area contributed by atoms with Crippen LogP contribution in [0.2, 0.25) is 0 Å². The monoisotopic (exact) mass is 509 g/mol. The second kappa shape index (κ2) is 10.1. The molecule has 1 fully saturated rings. The van der Waals surface area contributed by atoms with Crippen LogP contribution in [-0.4, -0.2) is 38.2 Å². The lowest BCUT2D eigenvalue weighted by atomic mass is 9.94. The summed E-state index contributed by atoms with van der Waals surface area (Å²) in [6, 6.07) is 6.53. The largest absolute Gasteiger partial charge is 0.339 e. The van der Waals surface area contributed by atoms with Gasteiger partial charge in [0.05, 0.1) is 16.3 Å². The van der Waals surface area contributed by atoms with Gasteiger partial charge in [-0.1, -0.05) is 43.2 Å². The molecule has 3 aromatic rings. The molecule has 0 saturated heterocycles. The van der Waals surface area contributed by atoms with Gasteiger partial charge in [0.2, 0.25) is 5.91 Å². The Balaban J connectivity index is 1.58. The van der Waals surface area contributed by atoms with Crippen molar-refractivity contribution in [1.82, 2.24) is 14.5 Å². The van der Waals surface area contributed by atoms with Crippen LogP contribution in [0.15, 0.2) is 28.2 Å². The first-order valence-electron chi connectivity index (χ1n) is 13.0. The zero-order valence-electron chi connectivity index (χ0n) is 21.2. The molecule has 2 aliphatic rings. The SMILES string of the molecule is CCN(C(=O)C(C)Sc1nc2sc3c(c2c(=O)n1-c1cc(C)ccc1C)CCC3)C1CCCCC1. The molecule has 2 heterocycles. The molecule has 1 saturated carbocycles. The molecule has 1 unspecified atom stereocenters. The zero-order valence-corrected chi connectivity index (χ0v) is 22.9. The third kappa shape index (κ3) is 4.57. The minimum absolute atomic E-state index is 0.00452. The van der Waals surface area contributed by atoms with Gasteiger partial charge in [-0.05, 0) is 82.6 Å². The van der Waals surface area contributed by atoms with Crippen molar-refractivity contribution in [2.24, 2.45) is 0 Å². The van der Waals surface area contributed by atoms with Crippen molar-refractivity contribution < 1.29 is 4.79 Å². The number of rotatable bonds is 6. The number of thiophene rings is 1. The first-order valence-corrected chi connectivity index (χ1v) is 14.7. The summed E-state index contributed by atoms with van der Waals surface area (Å²) in [6.07, 6.45) is 8.94. The molecule has 5 nitrogen and oxygen atoms in total. The minimum atomic E-state index is -0.315. The summed E-state index contributed by atoms with van der Waals surface area (Å²) >= 11 is 3.09. The van der Waals surface area contributed by atoms with E-state index in [0.29, 0.717) is 11.2 Å². The van der Waals surface area contributed by atoms with Gasteiger partial charge in [-0.3, -0.25) is 14.2 Å². The van der Waals surface area contributed by atoms with Crippen LogP contribution in [0.1, 0.15) is 73.9 Å². The van der Waals surface area contributed by atoms with E-state index in [0.717, 1.165) is 65.7 Å². The molecule has 2 aliphatic carbocycles. The lowest BCUT2D eigenvalue weighted by Crippen LogP contribution is -2.44. The fourth-order valence-corrected chi connectivity index (χ4v) is 8.00. The van der Waals surface area contributed by atoms with Crippen molar-refractivity contribution >= 4 is 39.2 Å². The molecule has 5 rings (SSSR count). The summed E-state index contributed by atoms with van der Waals surface area (Å²) in [5.74, 6) is 0.153. The Kier molecular flexibility index (Phi) is 7.09. The second-order valence-corrected chi connectivity index (χ2v) is 12.4. The molecule has 186 valence electrons. The van der Waals surface area contributed by atoms with Crippen molar-refractivity contribution in [1.29, 1.82) is 0 Å². The van der Waals surface area contributed by atoms with E-state index in [1.807, 2.05) is 20.8 Å². The van der Waals surface area contributed by atoms with Gasteiger partial charge < -0.3 is 4.90 Å². The van der Waals surface area contributed by atoms with E-state index in [9.17, 15) is 9.59 Å². The number of aryl methyl sites for hydroxylation is 4. The van der Waals surface area contributed by atoms with Gasteiger partial charge in [-0.2, -0.15) is 0 Å². The van der Waals surface area contributed by atoms with Gasteiger partial charge in [0.15, 0.2) is 5.16 Å². The summed E-state index contributed by atoms with van der Waals surface area (Å²) in [4.78, 5) is 36.9. The second-order valence-electron chi connectivity index (χ2n) is 10.0. The molecule has 0 N–H and O–H groups in total. The number of fused-ring (bicyclic) bond motifs is 3. The van der Waals surface area contributed by atoms with Gasteiger partial charge in [0.1, 0.15) is 4.83 Å². The van der Waals surface area contributed by atoms with Crippen LogP contribution in [0.5, 0.6) is 0 Å². The van der Waals surface area contributed by atoms with Crippen molar-refractivity contribution in [3.63, 3.8) is 0 Å². The number of aromatic nitrogens is 2. The van der Waals surface area contributed by atoms with Crippen LogP contribution in [0.4, 0.5) is 0 Å². The molecule has 1 atom stereocenters. The van der Waals surface area contributed by atoms with Crippen LogP contribution >= 0.6 is 23.1 Å². The normalized spacial score (nSPS) is 17.0. The number of carbonyl (C=O) groups excluding carboxylic acids is 1. The molecular formula is C28H35N3O2S2. The Hall–Kier alpha value is -2.12. The Morgan fingerprint density at radius 3 is 2.71 bits per heavy atom. The van der Waals surface area contributed by atoms with E-state index in [-0.39, 0.29) is 16.7 Å². The highest BCUT2D eigenvalue weighted by atomic mass is 32.2.